The molecular formula is C24H31NO4. The number of aryl methyl sites for hydroxylation is 1. The van der Waals surface area contributed by atoms with Crippen molar-refractivity contribution in [1.82, 2.24) is 4.90 Å². The maximum Gasteiger partial charge on any atom is 0.223 e. The molecule has 1 saturated heterocycles. The minimum absolute atomic E-state index is 0.0758. The second-order valence-corrected chi connectivity index (χ2v) is 7.99. The molecule has 0 spiro atoms. The number of rotatable bonds is 6. The zero-order valence-electron chi connectivity index (χ0n) is 17.8. The summed E-state index contributed by atoms with van der Waals surface area (Å²) in [5.41, 5.74) is 2.75. The van der Waals surface area contributed by atoms with Crippen LogP contribution in [0.3, 0.4) is 0 Å². The van der Waals surface area contributed by atoms with Crippen LogP contribution in [0.5, 0.6) is 17.2 Å². The first kappa shape index (κ1) is 21.0. The Morgan fingerprint density at radius 2 is 1.79 bits per heavy atom. The van der Waals surface area contributed by atoms with E-state index < -0.39 is 0 Å². The number of phenols is 1. The second-order valence-electron chi connectivity index (χ2n) is 7.99. The molecule has 0 aliphatic carbocycles. The Balaban J connectivity index is 1.98. The van der Waals surface area contributed by atoms with Crippen molar-refractivity contribution in [3.05, 3.63) is 53.1 Å². The van der Waals surface area contributed by atoms with E-state index in [1.54, 1.807) is 26.4 Å². The van der Waals surface area contributed by atoms with Gasteiger partial charge in [-0.15, -0.1) is 0 Å². The van der Waals surface area contributed by atoms with E-state index in [2.05, 4.69) is 6.92 Å². The molecule has 5 heteroatoms. The van der Waals surface area contributed by atoms with E-state index in [0.29, 0.717) is 23.0 Å². The van der Waals surface area contributed by atoms with Gasteiger partial charge < -0.3 is 19.5 Å². The van der Waals surface area contributed by atoms with Crippen LogP contribution in [0.15, 0.2) is 36.4 Å². The predicted octanol–water partition coefficient (Wildman–Crippen LogP) is 4.50. The van der Waals surface area contributed by atoms with Gasteiger partial charge in [-0.25, -0.2) is 0 Å². The van der Waals surface area contributed by atoms with Crippen molar-refractivity contribution in [3.8, 4) is 17.2 Å². The largest absolute Gasteiger partial charge is 0.507 e. The number of piperidine rings is 1. The van der Waals surface area contributed by atoms with Crippen LogP contribution in [-0.4, -0.2) is 43.2 Å². The fraction of sp³-hybridized carbons (Fsp3) is 0.458. The summed E-state index contributed by atoms with van der Waals surface area (Å²) >= 11 is 0. The monoisotopic (exact) mass is 397 g/mol. The van der Waals surface area contributed by atoms with Gasteiger partial charge >= 0.3 is 0 Å². The molecule has 0 bridgehead atoms. The Hall–Kier alpha value is -2.69. The average Bonchev–Trinajstić information content (AvgIpc) is 2.72. The van der Waals surface area contributed by atoms with Gasteiger partial charge in [0.25, 0.3) is 0 Å². The molecule has 2 aromatic carbocycles. The van der Waals surface area contributed by atoms with Gasteiger partial charge in [-0.05, 0) is 31.2 Å². The Morgan fingerprint density at radius 3 is 2.38 bits per heavy atom. The lowest BCUT2D eigenvalue weighted by atomic mass is 9.86. The van der Waals surface area contributed by atoms with Gasteiger partial charge in [-0.1, -0.05) is 36.8 Å². The van der Waals surface area contributed by atoms with Crippen molar-refractivity contribution >= 4 is 5.91 Å². The van der Waals surface area contributed by atoms with E-state index in [0.717, 1.165) is 37.1 Å². The first-order valence-electron chi connectivity index (χ1n) is 10.2. The van der Waals surface area contributed by atoms with Gasteiger partial charge in [-0.3, -0.25) is 4.79 Å². The van der Waals surface area contributed by atoms with Gasteiger partial charge in [0.2, 0.25) is 5.91 Å². The van der Waals surface area contributed by atoms with Crippen LogP contribution >= 0.6 is 0 Å². The van der Waals surface area contributed by atoms with Crippen molar-refractivity contribution in [2.45, 2.75) is 39.0 Å². The SMILES string of the molecule is COc1cc(O)c(C(CC(=O)N2CCC(C)CC2)c2ccc(C)cc2)c(OC)c1. The van der Waals surface area contributed by atoms with Crippen LogP contribution in [0.4, 0.5) is 0 Å². The summed E-state index contributed by atoms with van der Waals surface area (Å²) < 4.78 is 10.8. The molecule has 1 heterocycles. The van der Waals surface area contributed by atoms with E-state index in [1.165, 1.54) is 0 Å². The number of carbonyl (C=O) groups is 1. The predicted molar refractivity (Wildman–Crippen MR) is 114 cm³/mol. The van der Waals surface area contributed by atoms with Crippen LogP contribution in [0.1, 0.15) is 48.8 Å². The highest BCUT2D eigenvalue weighted by molar-refractivity contribution is 5.78. The maximum atomic E-state index is 13.1. The molecule has 1 fully saturated rings. The highest BCUT2D eigenvalue weighted by atomic mass is 16.5. The molecule has 0 saturated carbocycles. The third-order valence-corrected chi connectivity index (χ3v) is 5.89. The quantitative estimate of drug-likeness (QED) is 0.780. The van der Waals surface area contributed by atoms with E-state index >= 15 is 0 Å². The number of nitrogens with zero attached hydrogens (tertiary/aromatic N) is 1. The van der Waals surface area contributed by atoms with Crippen LogP contribution in [0, 0.1) is 12.8 Å². The van der Waals surface area contributed by atoms with Crippen LogP contribution in [0.25, 0.3) is 0 Å². The van der Waals surface area contributed by atoms with Gasteiger partial charge in [0.1, 0.15) is 17.2 Å². The molecule has 3 rings (SSSR count). The minimum Gasteiger partial charge on any atom is -0.507 e. The van der Waals surface area contributed by atoms with E-state index in [1.807, 2.05) is 36.1 Å². The number of benzene rings is 2. The van der Waals surface area contributed by atoms with Gasteiger partial charge in [-0.2, -0.15) is 0 Å². The second kappa shape index (κ2) is 9.21. The topological polar surface area (TPSA) is 59.0 Å². The van der Waals surface area contributed by atoms with E-state index in [9.17, 15) is 9.90 Å². The average molecular weight is 398 g/mol. The number of carbonyl (C=O) groups excluding carboxylic acids is 1. The maximum absolute atomic E-state index is 13.1. The third-order valence-electron chi connectivity index (χ3n) is 5.89. The smallest absolute Gasteiger partial charge is 0.223 e. The van der Waals surface area contributed by atoms with Crippen molar-refractivity contribution in [2.24, 2.45) is 5.92 Å². The lowest BCUT2D eigenvalue weighted by Gasteiger charge is -2.32. The molecule has 0 radical (unpaired) electrons. The molecule has 1 unspecified atom stereocenters. The Morgan fingerprint density at radius 1 is 1.14 bits per heavy atom. The molecule has 1 aliphatic rings. The van der Waals surface area contributed by atoms with Crippen molar-refractivity contribution in [2.75, 3.05) is 27.3 Å². The number of aromatic hydroxyl groups is 1. The number of hydrogen-bond donors (Lipinski definition) is 1. The summed E-state index contributed by atoms with van der Waals surface area (Å²) in [7, 11) is 3.12. The minimum atomic E-state index is -0.302. The van der Waals surface area contributed by atoms with E-state index in [4.69, 9.17) is 9.47 Å². The summed E-state index contributed by atoms with van der Waals surface area (Å²) in [6, 6.07) is 11.4. The molecule has 0 aromatic heterocycles. The molecule has 1 amide bonds. The zero-order chi connectivity index (χ0) is 21.0. The van der Waals surface area contributed by atoms with Crippen molar-refractivity contribution in [3.63, 3.8) is 0 Å². The van der Waals surface area contributed by atoms with Crippen LogP contribution < -0.4 is 9.47 Å². The molecule has 29 heavy (non-hydrogen) atoms. The lowest BCUT2D eigenvalue weighted by Crippen LogP contribution is -2.38. The van der Waals surface area contributed by atoms with E-state index in [-0.39, 0.29) is 24.0 Å². The standard InChI is InChI=1S/C24H31NO4/c1-16-5-7-18(8-6-16)20(15-23(27)25-11-9-17(2)10-12-25)24-21(26)13-19(28-3)14-22(24)29-4/h5-8,13-14,17,20,26H,9-12,15H2,1-4H3. The molecule has 1 aliphatic heterocycles. The molecule has 156 valence electrons. The van der Waals surface area contributed by atoms with Crippen LogP contribution in [0.2, 0.25) is 0 Å². The first-order valence-corrected chi connectivity index (χ1v) is 10.2. The highest BCUT2D eigenvalue weighted by Gasteiger charge is 2.29. The Labute approximate surface area is 173 Å². The number of hydrogen-bond acceptors (Lipinski definition) is 4. The van der Waals surface area contributed by atoms with Gasteiger partial charge in [0.05, 0.1) is 14.2 Å². The number of likely N-dealkylation sites (tertiary alicyclic amines) is 1. The fourth-order valence-electron chi connectivity index (χ4n) is 3.97. The molecule has 1 atom stereocenters. The number of methoxy groups -OCH3 is 2. The molecule has 1 N–H and O–H groups in total. The van der Waals surface area contributed by atoms with Crippen LogP contribution in [-0.2, 0) is 4.79 Å². The Bertz CT molecular complexity index is 839. The molecular weight excluding hydrogens is 366 g/mol. The zero-order valence-corrected chi connectivity index (χ0v) is 17.8. The first-order chi connectivity index (χ1) is 13.9. The summed E-state index contributed by atoms with van der Waals surface area (Å²) in [5, 5.41) is 10.8. The normalized spacial score (nSPS) is 15.8. The van der Waals surface area contributed by atoms with Crippen molar-refractivity contribution in [1.29, 1.82) is 0 Å². The fourth-order valence-corrected chi connectivity index (χ4v) is 3.97. The summed E-state index contributed by atoms with van der Waals surface area (Å²) in [6.45, 7) is 5.86. The number of ether oxygens (including phenoxy) is 2. The van der Waals surface area contributed by atoms with Gasteiger partial charge in [0.15, 0.2) is 0 Å². The number of phenolic OH excluding ortho intramolecular Hbond substituents is 1. The summed E-state index contributed by atoms with van der Waals surface area (Å²) in [6.07, 6.45) is 2.36. The number of amides is 1. The van der Waals surface area contributed by atoms with Crippen molar-refractivity contribution < 1.29 is 19.4 Å². The third kappa shape index (κ3) is 4.84. The van der Waals surface area contributed by atoms with Gasteiger partial charge in [0, 0.05) is 43.1 Å². The summed E-state index contributed by atoms with van der Waals surface area (Å²) in [4.78, 5) is 15.1. The molecule has 5 nitrogen and oxygen atoms in total. The molecule has 2 aromatic rings. The summed E-state index contributed by atoms with van der Waals surface area (Å²) in [5.74, 6) is 1.59. The Kier molecular flexibility index (Phi) is 6.68. The highest BCUT2D eigenvalue weighted by Crippen LogP contribution is 2.43. The lowest BCUT2D eigenvalue weighted by molar-refractivity contribution is -0.132.